The summed E-state index contributed by atoms with van der Waals surface area (Å²) in [7, 11) is -6.53. The zero-order chi connectivity index (χ0) is 33.0. The summed E-state index contributed by atoms with van der Waals surface area (Å²) in [4.78, 5) is 63.2. The summed E-state index contributed by atoms with van der Waals surface area (Å²) in [5, 5.41) is 9.49. The van der Waals surface area contributed by atoms with Crippen molar-refractivity contribution in [2.24, 2.45) is 7.05 Å². The fraction of sp³-hybridized carbons (Fsp3) is 0.400. The standard InChI is InChI=1S/C17H17ClF4N4O5S.C3H8NO5P/c1-8(2)25(4)32(30,31)23-15(28)9-5-12(11(19)6-10(9)18)26-14(27)7-13(17(20,21)22)24(3)16(26)29;5-3(6)1-4-2-10(7,8)9/h5-8H,1-4H3,(H,23,28);4H,1-2H2,(H,5,6)(H2,7,8,9). The molecular weight excluding hydrogens is 645 g/mol. The highest BCUT2D eigenvalue weighted by Gasteiger charge is 2.35. The van der Waals surface area contributed by atoms with Gasteiger partial charge in [0.15, 0.2) is 0 Å². The summed E-state index contributed by atoms with van der Waals surface area (Å²) >= 11 is 5.82. The Morgan fingerprint density at radius 1 is 1.17 bits per heavy atom. The van der Waals surface area contributed by atoms with E-state index in [0.29, 0.717) is 12.1 Å². The molecule has 2 aromatic rings. The summed E-state index contributed by atoms with van der Waals surface area (Å²) in [6, 6.07) is 0.660. The summed E-state index contributed by atoms with van der Waals surface area (Å²) in [6.07, 6.45) is -5.63. The Labute approximate surface area is 239 Å². The Morgan fingerprint density at radius 2 is 1.71 bits per heavy atom. The van der Waals surface area contributed by atoms with Crippen LogP contribution in [0.25, 0.3) is 5.69 Å². The van der Waals surface area contributed by atoms with Gasteiger partial charge in [-0.2, -0.15) is 25.9 Å². The van der Waals surface area contributed by atoms with Crippen LogP contribution >= 0.6 is 19.2 Å². The fourth-order valence-corrected chi connectivity index (χ4v) is 4.52. The molecule has 1 aromatic heterocycles. The Kier molecular flexibility index (Phi) is 12.2. The summed E-state index contributed by atoms with van der Waals surface area (Å²) in [5.74, 6) is -3.78. The van der Waals surface area contributed by atoms with Gasteiger partial charge >= 0.3 is 35.6 Å². The third-order valence-electron chi connectivity index (χ3n) is 5.05. The van der Waals surface area contributed by atoms with E-state index in [2.05, 4.69) is 5.32 Å². The van der Waals surface area contributed by atoms with Crippen molar-refractivity contribution in [3.63, 3.8) is 0 Å². The second kappa shape index (κ2) is 13.9. The lowest BCUT2D eigenvalue weighted by Gasteiger charge is -2.21. The SMILES string of the molecule is CC(C)N(C)S(=O)(=O)NC(=O)c1cc(-n2c(=O)cc(C(F)(F)F)n(C)c2=O)c(F)cc1Cl.O=C(O)CNCP(=O)(O)O. The Hall–Kier alpha value is -3.13. The third-order valence-corrected chi connectivity index (χ3v) is 7.63. The third kappa shape index (κ3) is 10.0. The number of alkyl halides is 3. The first-order chi connectivity index (χ1) is 18.9. The molecule has 0 aliphatic rings. The van der Waals surface area contributed by atoms with Crippen molar-refractivity contribution >= 4 is 41.3 Å². The van der Waals surface area contributed by atoms with E-state index in [-0.39, 0.29) is 15.2 Å². The number of carboxylic acids is 1. The number of nitrogens with zero attached hydrogens (tertiary/aromatic N) is 3. The zero-order valence-electron chi connectivity index (χ0n) is 22.0. The van der Waals surface area contributed by atoms with E-state index in [4.69, 9.17) is 26.5 Å². The molecular formula is C20H25ClF4N5O10PS. The Morgan fingerprint density at radius 3 is 2.17 bits per heavy atom. The van der Waals surface area contributed by atoms with Gasteiger partial charge in [-0.15, -0.1) is 0 Å². The van der Waals surface area contributed by atoms with Crippen molar-refractivity contribution < 1.29 is 55.0 Å². The van der Waals surface area contributed by atoms with Gasteiger partial charge in [-0.05, 0) is 26.0 Å². The number of hydrogen-bond acceptors (Lipinski definition) is 8. The molecule has 1 amide bonds. The number of carboxylic acid groups (broad SMARTS) is 1. The van der Waals surface area contributed by atoms with Crippen LogP contribution in [0, 0.1) is 5.82 Å². The highest BCUT2D eigenvalue weighted by atomic mass is 35.5. The lowest BCUT2D eigenvalue weighted by atomic mass is 10.1. The topological polar surface area (TPSA) is 217 Å². The number of halogens is 5. The molecule has 0 radical (unpaired) electrons. The molecule has 236 valence electrons. The summed E-state index contributed by atoms with van der Waals surface area (Å²) in [5.41, 5.74) is -6.19. The van der Waals surface area contributed by atoms with Gasteiger partial charge in [-0.3, -0.25) is 28.8 Å². The van der Waals surface area contributed by atoms with Gasteiger partial charge in [0.2, 0.25) is 0 Å². The van der Waals surface area contributed by atoms with Gasteiger partial charge in [-0.1, -0.05) is 11.6 Å². The smallest absolute Gasteiger partial charge is 0.431 e. The molecule has 0 saturated carbocycles. The van der Waals surface area contributed by atoms with E-state index in [0.717, 1.165) is 11.4 Å². The number of aromatic nitrogens is 2. The quantitative estimate of drug-likeness (QED) is 0.182. The number of nitrogens with one attached hydrogen (secondary N) is 2. The van der Waals surface area contributed by atoms with Crippen LogP contribution in [0.4, 0.5) is 17.6 Å². The molecule has 0 aliphatic carbocycles. The predicted molar refractivity (Wildman–Crippen MR) is 139 cm³/mol. The molecule has 5 N–H and O–H groups in total. The maximum absolute atomic E-state index is 14.5. The van der Waals surface area contributed by atoms with Crippen molar-refractivity contribution in [3.05, 3.63) is 61.1 Å². The van der Waals surface area contributed by atoms with E-state index in [1.165, 1.54) is 20.9 Å². The van der Waals surface area contributed by atoms with Crippen LogP contribution in [0.1, 0.15) is 29.9 Å². The minimum atomic E-state index is -5.04. The molecule has 1 aromatic carbocycles. The number of carbonyl (C=O) groups excluding carboxylic acids is 1. The van der Waals surface area contributed by atoms with Crippen LogP contribution in [-0.4, -0.2) is 74.5 Å². The van der Waals surface area contributed by atoms with E-state index in [1.54, 1.807) is 4.72 Å². The van der Waals surface area contributed by atoms with E-state index >= 15 is 0 Å². The molecule has 0 fully saturated rings. The van der Waals surface area contributed by atoms with Gasteiger partial charge in [0.05, 0.1) is 29.1 Å². The fourth-order valence-electron chi connectivity index (χ4n) is 2.83. The minimum Gasteiger partial charge on any atom is -0.480 e. The molecule has 42 heavy (non-hydrogen) atoms. The lowest BCUT2D eigenvalue weighted by Crippen LogP contribution is -2.44. The van der Waals surface area contributed by atoms with Crippen molar-refractivity contribution in [2.75, 3.05) is 19.9 Å². The molecule has 15 nitrogen and oxygen atoms in total. The number of hydrogen-bond donors (Lipinski definition) is 5. The number of rotatable bonds is 9. The van der Waals surface area contributed by atoms with Crippen LogP contribution in [0.5, 0.6) is 0 Å². The molecule has 0 spiro atoms. The largest absolute Gasteiger partial charge is 0.480 e. The number of carbonyl (C=O) groups is 2. The molecule has 0 saturated heterocycles. The van der Waals surface area contributed by atoms with Crippen LogP contribution in [0.3, 0.4) is 0 Å². The maximum atomic E-state index is 14.5. The van der Waals surface area contributed by atoms with Crippen LogP contribution < -0.4 is 21.3 Å². The monoisotopic (exact) mass is 669 g/mol. The molecule has 0 atom stereocenters. The van der Waals surface area contributed by atoms with Gasteiger partial charge in [0.25, 0.3) is 11.5 Å². The van der Waals surface area contributed by atoms with Gasteiger partial charge in [0.1, 0.15) is 11.5 Å². The van der Waals surface area contributed by atoms with E-state index in [1.807, 2.05) is 0 Å². The molecule has 0 aliphatic heterocycles. The number of benzene rings is 1. The number of amides is 1. The first kappa shape index (κ1) is 36.9. The highest BCUT2D eigenvalue weighted by molar-refractivity contribution is 7.87. The van der Waals surface area contributed by atoms with Crippen LogP contribution in [0.2, 0.25) is 5.02 Å². The second-order valence-electron chi connectivity index (χ2n) is 8.52. The first-order valence-corrected chi connectivity index (χ1v) is 14.7. The molecule has 0 bridgehead atoms. The van der Waals surface area contributed by atoms with Gasteiger partial charge in [0, 0.05) is 26.2 Å². The maximum Gasteiger partial charge on any atom is 0.431 e. The highest BCUT2D eigenvalue weighted by Crippen LogP contribution is 2.31. The average Bonchev–Trinajstić information content (AvgIpc) is 2.80. The summed E-state index contributed by atoms with van der Waals surface area (Å²) < 4.78 is 90.7. The van der Waals surface area contributed by atoms with Crippen molar-refractivity contribution in [2.45, 2.75) is 26.1 Å². The Balaban J connectivity index is 0.000000752. The van der Waals surface area contributed by atoms with E-state index < -0.39 is 93.8 Å². The van der Waals surface area contributed by atoms with Gasteiger partial charge in [-0.25, -0.2) is 18.5 Å². The summed E-state index contributed by atoms with van der Waals surface area (Å²) in [6.45, 7) is 2.62. The zero-order valence-corrected chi connectivity index (χ0v) is 24.5. The first-order valence-electron chi connectivity index (χ1n) is 11.1. The predicted octanol–water partition coefficient (Wildman–Crippen LogP) is 0.458. The normalized spacial score (nSPS) is 12.2. The van der Waals surface area contributed by atoms with Crippen molar-refractivity contribution in [1.29, 1.82) is 0 Å². The molecule has 22 heteroatoms. The molecule has 2 rings (SSSR count). The van der Waals surface area contributed by atoms with Crippen LogP contribution in [0.15, 0.2) is 27.8 Å². The van der Waals surface area contributed by atoms with E-state index in [9.17, 15) is 49.7 Å². The van der Waals surface area contributed by atoms with Crippen molar-refractivity contribution in [3.8, 4) is 5.69 Å². The molecule has 0 unspecified atom stereocenters. The minimum absolute atomic E-state index is 0.0619. The number of aliphatic carboxylic acids is 1. The van der Waals surface area contributed by atoms with Crippen LogP contribution in [-0.2, 0) is 32.8 Å². The Bertz CT molecular complexity index is 1620. The van der Waals surface area contributed by atoms with Crippen molar-refractivity contribution in [1.82, 2.24) is 23.5 Å². The van der Waals surface area contributed by atoms with Gasteiger partial charge < -0.3 is 14.9 Å². The molecule has 1 heterocycles. The second-order valence-corrected chi connectivity index (χ2v) is 12.3. The lowest BCUT2D eigenvalue weighted by molar-refractivity contribution is -0.144. The average molecular weight is 670 g/mol.